The number of rotatable bonds is 4. The first-order valence-corrected chi connectivity index (χ1v) is 6.44. The quantitative estimate of drug-likeness (QED) is 0.726. The Balaban J connectivity index is 2.61. The molecule has 1 aromatic carbocycles. The molecule has 1 atom stereocenters. The number of halogens is 1. The van der Waals surface area contributed by atoms with Crippen LogP contribution in [0.15, 0.2) is 18.2 Å². The molecular weight excluding hydrogens is 333 g/mol. The van der Waals surface area contributed by atoms with Gasteiger partial charge in [0.1, 0.15) is 5.75 Å². The van der Waals surface area contributed by atoms with Crippen molar-refractivity contribution in [1.82, 2.24) is 5.32 Å². The van der Waals surface area contributed by atoms with Gasteiger partial charge in [0.15, 0.2) is 0 Å². The summed E-state index contributed by atoms with van der Waals surface area (Å²) in [6.07, 6.45) is -0.559. The Hall–Kier alpha value is -0.820. The first-order valence-electron chi connectivity index (χ1n) is 5.36. The number of phenolic OH excluding ortho intramolecular Hbond substituents is 1. The van der Waals surface area contributed by atoms with E-state index in [0.29, 0.717) is 9.13 Å². The van der Waals surface area contributed by atoms with E-state index in [4.69, 9.17) is 0 Å². The number of hydrogen-bond donors (Lipinski definition) is 3. The molecule has 4 nitrogen and oxygen atoms in total. The van der Waals surface area contributed by atoms with Crippen molar-refractivity contribution in [3.63, 3.8) is 0 Å². The predicted octanol–water partition coefficient (Wildman–Crippen LogP) is 1.74. The van der Waals surface area contributed by atoms with E-state index in [-0.39, 0.29) is 24.1 Å². The molecule has 0 aromatic heterocycles. The topological polar surface area (TPSA) is 69.6 Å². The number of aromatic hydroxyl groups is 1. The molecule has 0 aliphatic rings. The van der Waals surface area contributed by atoms with Gasteiger partial charge in [0.05, 0.1) is 9.67 Å². The lowest BCUT2D eigenvalue weighted by Crippen LogP contribution is -2.34. The molecule has 94 valence electrons. The minimum atomic E-state index is -0.559. The number of amides is 1. The van der Waals surface area contributed by atoms with Crippen LogP contribution in [-0.2, 0) is 0 Å². The van der Waals surface area contributed by atoms with Crippen LogP contribution in [0.3, 0.4) is 0 Å². The van der Waals surface area contributed by atoms with Gasteiger partial charge >= 0.3 is 0 Å². The van der Waals surface area contributed by atoms with Crippen molar-refractivity contribution >= 4 is 28.5 Å². The van der Waals surface area contributed by atoms with Crippen LogP contribution in [0.1, 0.15) is 24.2 Å². The molecule has 17 heavy (non-hydrogen) atoms. The summed E-state index contributed by atoms with van der Waals surface area (Å²) < 4.78 is 0.696. The van der Waals surface area contributed by atoms with Gasteiger partial charge in [-0.15, -0.1) is 0 Å². The third-order valence-electron chi connectivity index (χ3n) is 2.45. The van der Waals surface area contributed by atoms with Crippen molar-refractivity contribution in [3.8, 4) is 5.75 Å². The third-order valence-corrected chi connectivity index (χ3v) is 3.36. The molecule has 0 aliphatic carbocycles. The summed E-state index contributed by atoms with van der Waals surface area (Å²) in [4.78, 5) is 11.7. The van der Waals surface area contributed by atoms with Gasteiger partial charge in [-0.05, 0) is 46.7 Å². The van der Waals surface area contributed by atoms with Gasteiger partial charge in [0.25, 0.3) is 5.91 Å². The number of carbonyl (C=O) groups is 1. The average Bonchev–Trinajstić information content (AvgIpc) is 2.28. The van der Waals surface area contributed by atoms with Gasteiger partial charge in [-0.1, -0.05) is 13.8 Å². The van der Waals surface area contributed by atoms with Crippen LogP contribution in [0.25, 0.3) is 0 Å². The Labute approximate surface area is 114 Å². The summed E-state index contributed by atoms with van der Waals surface area (Å²) in [6.45, 7) is 3.98. The Kier molecular flexibility index (Phi) is 5.20. The van der Waals surface area contributed by atoms with Gasteiger partial charge in [-0.25, -0.2) is 0 Å². The van der Waals surface area contributed by atoms with Gasteiger partial charge in [0, 0.05) is 12.1 Å². The van der Waals surface area contributed by atoms with Crippen LogP contribution in [0.4, 0.5) is 0 Å². The summed E-state index contributed by atoms with van der Waals surface area (Å²) >= 11 is 1.98. The monoisotopic (exact) mass is 349 g/mol. The largest absolute Gasteiger partial charge is 0.507 e. The molecule has 0 fully saturated rings. The number of benzene rings is 1. The standard InChI is InChI=1S/C12H16INO3/c1-7(2)11(16)6-14-12(17)8-3-4-9(13)10(15)5-8/h3-5,7,11,15-16H,6H2,1-2H3,(H,14,17). The number of phenols is 1. The normalized spacial score (nSPS) is 12.5. The minimum Gasteiger partial charge on any atom is -0.507 e. The fourth-order valence-electron chi connectivity index (χ4n) is 1.19. The molecule has 0 saturated heterocycles. The van der Waals surface area contributed by atoms with E-state index in [2.05, 4.69) is 5.32 Å². The Morgan fingerprint density at radius 1 is 1.47 bits per heavy atom. The molecule has 0 saturated carbocycles. The molecule has 0 radical (unpaired) electrons. The van der Waals surface area contributed by atoms with Gasteiger partial charge < -0.3 is 15.5 Å². The van der Waals surface area contributed by atoms with Crippen LogP contribution in [0.2, 0.25) is 0 Å². The van der Waals surface area contributed by atoms with E-state index in [1.807, 2.05) is 36.4 Å². The van der Waals surface area contributed by atoms with Crippen LogP contribution < -0.4 is 5.32 Å². The second-order valence-electron chi connectivity index (χ2n) is 4.19. The molecule has 5 heteroatoms. The zero-order chi connectivity index (χ0) is 13.0. The highest BCUT2D eigenvalue weighted by Gasteiger charge is 2.12. The van der Waals surface area contributed by atoms with Crippen molar-refractivity contribution in [1.29, 1.82) is 0 Å². The lowest BCUT2D eigenvalue weighted by Gasteiger charge is -2.15. The fraction of sp³-hybridized carbons (Fsp3) is 0.417. The van der Waals surface area contributed by atoms with E-state index in [1.54, 1.807) is 12.1 Å². The smallest absolute Gasteiger partial charge is 0.251 e. The highest BCUT2D eigenvalue weighted by atomic mass is 127. The number of aliphatic hydroxyl groups is 1. The van der Waals surface area contributed by atoms with Crippen LogP contribution in [-0.4, -0.2) is 28.8 Å². The maximum atomic E-state index is 11.7. The van der Waals surface area contributed by atoms with Crippen molar-refractivity contribution in [2.45, 2.75) is 20.0 Å². The molecule has 1 unspecified atom stereocenters. The van der Waals surface area contributed by atoms with E-state index in [0.717, 1.165) is 0 Å². The number of carbonyl (C=O) groups excluding carboxylic acids is 1. The van der Waals surface area contributed by atoms with Crippen molar-refractivity contribution in [2.75, 3.05) is 6.54 Å². The molecule has 0 bridgehead atoms. The van der Waals surface area contributed by atoms with Crippen LogP contribution in [0, 0.1) is 9.49 Å². The summed E-state index contributed by atoms with van der Waals surface area (Å²) in [5, 5.41) is 21.7. The predicted molar refractivity (Wildman–Crippen MR) is 74.0 cm³/mol. The lowest BCUT2D eigenvalue weighted by molar-refractivity contribution is 0.0871. The molecular formula is C12H16INO3. The molecule has 1 amide bonds. The van der Waals surface area contributed by atoms with Crippen LogP contribution in [0.5, 0.6) is 5.75 Å². The second kappa shape index (κ2) is 6.20. The van der Waals surface area contributed by atoms with E-state index in [9.17, 15) is 15.0 Å². The van der Waals surface area contributed by atoms with E-state index < -0.39 is 6.10 Å². The molecule has 1 aromatic rings. The van der Waals surface area contributed by atoms with Gasteiger partial charge in [-0.3, -0.25) is 4.79 Å². The maximum Gasteiger partial charge on any atom is 0.251 e. The molecule has 0 heterocycles. The zero-order valence-corrected chi connectivity index (χ0v) is 11.9. The van der Waals surface area contributed by atoms with Crippen LogP contribution >= 0.6 is 22.6 Å². The SMILES string of the molecule is CC(C)C(O)CNC(=O)c1ccc(I)c(O)c1. The second-order valence-corrected chi connectivity index (χ2v) is 5.35. The number of nitrogens with one attached hydrogen (secondary N) is 1. The Bertz CT molecular complexity index is 407. The summed E-state index contributed by atoms with van der Waals surface area (Å²) in [7, 11) is 0. The highest BCUT2D eigenvalue weighted by Crippen LogP contribution is 2.20. The molecule has 0 aliphatic heterocycles. The van der Waals surface area contributed by atoms with E-state index in [1.165, 1.54) is 6.07 Å². The third kappa shape index (κ3) is 4.16. The Morgan fingerprint density at radius 2 is 2.12 bits per heavy atom. The maximum absolute atomic E-state index is 11.7. The van der Waals surface area contributed by atoms with Gasteiger partial charge in [-0.2, -0.15) is 0 Å². The van der Waals surface area contributed by atoms with E-state index >= 15 is 0 Å². The average molecular weight is 349 g/mol. The Morgan fingerprint density at radius 3 is 2.65 bits per heavy atom. The van der Waals surface area contributed by atoms with Gasteiger partial charge in [0.2, 0.25) is 0 Å². The minimum absolute atomic E-state index is 0.0858. The zero-order valence-electron chi connectivity index (χ0n) is 9.77. The molecule has 3 N–H and O–H groups in total. The molecule has 1 rings (SSSR count). The summed E-state index contributed by atoms with van der Waals surface area (Å²) in [6, 6.07) is 4.72. The number of aliphatic hydroxyl groups excluding tert-OH is 1. The molecule has 0 spiro atoms. The van der Waals surface area contributed by atoms with Crippen molar-refractivity contribution in [2.24, 2.45) is 5.92 Å². The number of hydrogen-bond acceptors (Lipinski definition) is 3. The summed E-state index contributed by atoms with van der Waals surface area (Å²) in [5.41, 5.74) is 0.388. The summed E-state index contributed by atoms with van der Waals surface area (Å²) in [5.74, 6) is -0.112. The van der Waals surface area contributed by atoms with Crippen molar-refractivity contribution < 1.29 is 15.0 Å². The first kappa shape index (κ1) is 14.2. The fourth-order valence-corrected chi connectivity index (χ4v) is 1.52. The van der Waals surface area contributed by atoms with Crippen molar-refractivity contribution in [3.05, 3.63) is 27.3 Å². The first-order chi connectivity index (χ1) is 7.91. The highest BCUT2D eigenvalue weighted by molar-refractivity contribution is 14.1. The lowest BCUT2D eigenvalue weighted by atomic mass is 10.1.